The predicted octanol–water partition coefficient (Wildman–Crippen LogP) is 6.21. The first-order chi connectivity index (χ1) is 13.0. The van der Waals surface area contributed by atoms with E-state index in [1.54, 1.807) is 24.3 Å². The molecule has 0 amide bonds. The predicted molar refractivity (Wildman–Crippen MR) is 110 cm³/mol. The third kappa shape index (κ3) is 5.60. The number of carboxylic acids is 1. The van der Waals surface area contributed by atoms with Crippen LogP contribution >= 0.6 is 23.4 Å². The molecule has 2 aromatic carbocycles. The number of rotatable bonds is 7. The zero-order valence-corrected chi connectivity index (χ0v) is 16.6. The maximum Gasteiger partial charge on any atom is 0.317 e. The first-order valence-electron chi connectivity index (χ1n) is 9.31. The summed E-state index contributed by atoms with van der Waals surface area (Å²) in [5.74, 6) is -0.531. The summed E-state index contributed by atoms with van der Waals surface area (Å²) in [5, 5.41) is 9.28. The van der Waals surface area contributed by atoms with Gasteiger partial charge >= 0.3 is 5.97 Å². The molecule has 0 unspecified atom stereocenters. The Bertz CT molecular complexity index is 780. The lowest BCUT2D eigenvalue weighted by atomic mass is 9.84. The molecule has 1 N–H and O–H groups in total. The number of benzene rings is 2. The van der Waals surface area contributed by atoms with E-state index >= 15 is 0 Å². The van der Waals surface area contributed by atoms with Crippen molar-refractivity contribution in [1.29, 1.82) is 0 Å². The van der Waals surface area contributed by atoms with Crippen LogP contribution in [0.4, 0.5) is 0 Å². The number of ketones is 1. The number of hydrogen-bond donors (Lipinski definition) is 1. The van der Waals surface area contributed by atoms with Crippen LogP contribution in [0.25, 0.3) is 0 Å². The minimum Gasteiger partial charge on any atom is -0.480 e. The van der Waals surface area contributed by atoms with E-state index in [1.165, 1.54) is 49.4 Å². The van der Waals surface area contributed by atoms with Gasteiger partial charge in [0.1, 0.15) is 5.25 Å². The molecule has 1 fully saturated rings. The highest BCUT2D eigenvalue weighted by atomic mass is 35.5. The van der Waals surface area contributed by atoms with E-state index in [-0.39, 0.29) is 12.2 Å². The molecule has 142 valence electrons. The molecule has 0 heterocycles. The molecule has 3 rings (SSSR count). The molecular formula is C22H23ClO3S. The van der Waals surface area contributed by atoms with Crippen molar-refractivity contribution in [3.63, 3.8) is 0 Å². The third-order valence-corrected chi connectivity index (χ3v) is 6.50. The number of thioether (sulfide) groups is 1. The van der Waals surface area contributed by atoms with Gasteiger partial charge < -0.3 is 5.11 Å². The quantitative estimate of drug-likeness (QED) is 0.442. The second-order valence-corrected chi connectivity index (χ2v) is 8.70. The first-order valence-corrected chi connectivity index (χ1v) is 10.6. The molecule has 3 nitrogen and oxygen atoms in total. The molecule has 0 saturated heterocycles. The number of hydrogen-bond acceptors (Lipinski definition) is 3. The van der Waals surface area contributed by atoms with E-state index in [4.69, 9.17) is 11.6 Å². The fourth-order valence-electron chi connectivity index (χ4n) is 3.52. The summed E-state index contributed by atoms with van der Waals surface area (Å²) in [6, 6.07) is 14.7. The SMILES string of the molecule is O=C(C[C@H](Sc1ccc(Cl)cc1)C(=O)O)c1ccc(C2CCCCC2)cc1. The van der Waals surface area contributed by atoms with Gasteiger partial charge in [0.05, 0.1) is 0 Å². The van der Waals surface area contributed by atoms with Crippen LogP contribution in [0.1, 0.15) is 60.4 Å². The smallest absolute Gasteiger partial charge is 0.317 e. The van der Waals surface area contributed by atoms with Crippen molar-refractivity contribution >= 4 is 35.1 Å². The van der Waals surface area contributed by atoms with E-state index in [1.807, 2.05) is 24.3 Å². The van der Waals surface area contributed by atoms with Crippen LogP contribution in [-0.2, 0) is 4.79 Å². The van der Waals surface area contributed by atoms with Gasteiger partial charge in [-0.3, -0.25) is 9.59 Å². The van der Waals surface area contributed by atoms with Crippen molar-refractivity contribution in [2.45, 2.75) is 54.6 Å². The highest BCUT2D eigenvalue weighted by Crippen LogP contribution is 2.33. The van der Waals surface area contributed by atoms with Crippen LogP contribution in [0.2, 0.25) is 5.02 Å². The summed E-state index contributed by atoms with van der Waals surface area (Å²) in [6.07, 6.45) is 6.25. The van der Waals surface area contributed by atoms with Gasteiger partial charge in [-0.05, 0) is 48.6 Å². The van der Waals surface area contributed by atoms with Crippen LogP contribution in [0.15, 0.2) is 53.4 Å². The molecule has 0 radical (unpaired) electrons. The molecule has 1 saturated carbocycles. The average molecular weight is 403 g/mol. The summed E-state index contributed by atoms with van der Waals surface area (Å²) >= 11 is 7.04. The molecule has 1 aliphatic rings. The fourth-order valence-corrected chi connectivity index (χ4v) is 4.60. The lowest BCUT2D eigenvalue weighted by molar-refractivity contribution is -0.136. The Kier molecular flexibility index (Phi) is 6.97. The summed E-state index contributed by atoms with van der Waals surface area (Å²) in [6.45, 7) is 0. The summed E-state index contributed by atoms with van der Waals surface area (Å²) < 4.78 is 0. The lowest BCUT2D eigenvalue weighted by Crippen LogP contribution is -2.20. The topological polar surface area (TPSA) is 54.4 Å². The van der Waals surface area contributed by atoms with Crippen LogP contribution in [0.3, 0.4) is 0 Å². The van der Waals surface area contributed by atoms with Crippen LogP contribution in [-0.4, -0.2) is 22.1 Å². The van der Waals surface area contributed by atoms with Gasteiger partial charge in [0, 0.05) is 21.9 Å². The third-order valence-electron chi connectivity index (χ3n) is 5.05. The Morgan fingerprint density at radius 1 is 1.00 bits per heavy atom. The molecule has 1 atom stereocenters. The van der Waals surface area contributed by atoms with Crippen LogP contribution in [0, 0.1) is 0 Å². The first kappa shape index (κ1) is 20.0. The van der Waals surface area contributed by atoms with E-state index in [0.29, 0.717) is 16.5 Å². The molecule has 2 aromatic rings. The van der Waals surface area contributed by atoms with Gasteiger partial charge in [-0.15, -0.1) is 11.8 Å². The average Bonchev–Trinajstić information content (AvgIpc) is 2.69. The molecule has 0 spiro atoms. The van der Waals surface area contributed by atoms with Crippen LogP contribution in [0.5, 0.6) is 0 Å². The molecule has 5 heteroatoms. The van der Waals surface area contributed by atoms with E-state index < -0.39 is 11.2 Å². The standard InChI is InChI=1S/C22H23ClO3S/c23-18-10-12-19(13-11-18)27-21(22(25)26)14-20(24)17-8-6-16(7-9-17)15-4-2-1-3-5-15/h6-13,15,21H,1-5,14H2,(H,25,26)/t21-/m0/s1. The number of carbonyl (C=O) groups is 2. The van der Waals surface area contributed by atoms with Crippen molar-refractivity contribution in [3.8, 4) is 0 Å². The number of carboxylic acid groups (broad SMARTS) is 1. The van der Waals surface area contributed by atoms with Gasteiger partial charge in [0.15, 0.2) is 5.78 Å². The van der Waals surface area contributed by atoms with Crippen molar-refractivity contribution in [2.75, 3.05) is 0 Å². The molecule has 0 aliphatic heterocycles. The number of halogens is 1. The Morgan fingerprint density at radius 3 is 2.22 bits per heavy atom. The molecule has 27 heavy (non-hydrogen) atoms. The summed E-state index contributed by atoms with van der Waals surface area (Å²) in [4.78, 5) is 25.0. The zero-order chi connectivity index (χ0) is 19.2. The summed E-state index contributed by atoms with van der Waals surface area (Å²) in [7, 11) is 0. The minimum absolute atomic E-state index is 0.0363. The Hall–Kier alpha value is -1.78. The Morgan fingerprint density at radius 2 is 1.63 bits per heavy atom. The van der Waals surface area contributed by atoms with E-state index in [9.17, 15) is 14.7 Å². The van der Waals surface area contributed by atoms with E-state index in [0.717, 1.165) is 4.90 Å². The highest BCUT2D eigenvalue weighted by Gasteiger charge is 2.24. The summed E-state index contributed by atoms with van der Waals surface area (Å²) in [5.41, 5.74) is 1.87. The maximum atomic E-state index is 12.6. The Balaban J connectivity index is 1.64. The van der Waals surface area contributed by atoms with Gasteiger partial charge in [0.25, 0.3) is 0 Å². The minimum atomic E-state index is -0.984. The highest BCUT2D eigenvalue weighted by molar-refractivity contribution is 8.00. The lowest BCUT2D eigenvalue weighted by Gasteiger charge is -2.22. The van der Waals surface area contributed by atoms with Gasteiger partial charge in [0.2, 0.25) is 0 Å². The second kappa shape index (κ2) is 9.43. The van der Waals surface area contributed by atoms with Crippen LogP contribution < -0.4 is 0 Å². The molecule has 1 aliphatic carbocycles. The molecule has 0 aromatic heterocycles. The van der Waals surface area contributed by atoms with Gasteiger partial charge in [-0.2, -0.15) is 0 Å². The van der Waals surface area contributed by atoms with E-state index in [2.05, 4.69) is 0 Å². The largest absolute Gasteiger partial charge is 0.480 e. The number of Topliss-reactive ketones (excluding diaryl/α,β-unsaturated/α-hetero) is 1. The fraction of sp³-hybridized carbons (Fsp3) is 0.364. The van der Waals surface area contributed by atoms with Gasteiger partial charge in [-0.1, -0.05) is 55.1 Å². The number of aliphatic carboxylic acids is 1. The Labute approximate surface area is 169 Å². The molecule has 0 bridgehead atoms. The second-order valence-electron chi connectivity index (χ2n) is 6.98. The van der Waals surface area contributed by atoms with Crippen molar-refractivity contribution in [2.24, 2.45) is 0 Å². The zero-order valence-electron chi connectivity index (χ0n) is 15.1. The normalized spacial score (nSPS) is 16.0. The monoisotopic (exact) mass is 402 g/mol. The maximum absolute atomic E-state index is 12.6. The van der Waals surface area contributed by atoms with Crippen molar-refractivity contribution < 1.29 is 14.7 Å². The van der Waals surface area contributed by atoms with Crippen molar-refractivity contribution in [3.05, 3.63) is 64.7 Å². The number of carbonyl (C=O) groups excluding carboxylic acids is 1. The molecular weight excluding hydrogens is 380 g/mol. The van der Waals surface area contributed by atoms with Gasteiger partial charge in [-0.25, -0.2) is 0 Å². The van der Waals surface area contributed by atoms with Crippen molar-refractivity contribution in [1.82, 2.24) is 0 Å².